The molecule has 3 aromatic rings. The van der Waals surface area contributed by atoms with Crippen LogP contribution >= 0.6 is 0 Å². The number of aromatic nitrogens is 6. The second kappa shape index (κ2) is 9.61. The van der Waals surface area contributed by atoms with E-state index < -0.39 is 0 Å². The van der Waals surface area contributed by atoms with E-state index in [2.05, 4.69) is 57.6 Å². The Morgan fingerprint density at radius 3 is 2.53 bits per heavy atom. The van der Waals surface area contributed by atoms with Gasteiger partial charge in [0.15, 0.2) is 5.65 Å². The molecule has 1 fully saturated rings. The number of rotatable bonds is 8. The van der Waals surface area contributed by atoms with Crippen LogP contribution in [0.25, 0.3) is 22.4 Å². The molecule has 0 bridgehead atoms. The third-order valence-corrected chi connectivity index (χ3v) is 5.64. The minimum absolute atomic E-state index is 0.213. The summed E-state index contributed by atoms with van der Waals surface area (Å²) in [5, 5.41) is 3.49. The van der Waals surface area contributed by atoms with Crippen LogP contribution in [0.15, 0.2) is 12.4 Å². The average molecular weight is 441 g/mol. The molecule has 0 spiro atoms. The minimum atomic E-state index is 0.213. The Bertz CT molecular complexity index is 1040. The zero-order chi connectivity index (χ0) is 22.7. The number of fused-ring (bicyclic) bond motifs is 1. The molecule has 3 aromatic heterocycles. The van der Waals surface area contributed by atoms with Crippen molar-refractivity contribution in [3.8, 4) is 11.3 Å². The standard InChI is InChI=1S/C21H32N10O/c1-5-14(2)31-18-17(27-20(31)23-6-7-29(3)4)16(15-12-24-19(22)25-13-15)26-21(28-18)30-8-10-32-11-9-30/h12-14H,5-11H2,1-4H3,(H,23,27)(H2,22,24,25). The summed E-state index contributed by atoms with van der Waals surface area (Å²) in [4.78, 5) is 27.4. The Balaban J connectivity index is 1.88. The van der Waals surface area contributed by atoms with E-state index >= 15 is 0 Å². The van der Waals surface area contributed by atoms with E-state index in [0.29, 0.717) is 24.9 Å². The summed E-state index contributed by atoms with van der Waals surface area (Å²) in [5.74, 6) is 1.68. The maximum atomic E-state index is 5.72. The zero-order valence-corrected chi connectivity index (χ0v) is 19.2. The third-order valence-electron chi connectivity index (χ3n) is 5.64. The number of nitrogens with one attached hydrogen (secondary N) is 1. The molecule has 0 amide bonds. The first kappa shape index (κ1) is 22.2. The molecule has 32 heavy (non-hydrogen) atoms. The SMILES string of the molecule is CCC(C)n1c(NCCN(C)C)nc2c(-c3cnc(N)nc3)nc(N3CCOCC3)nc21. The topological polar surface area (TPSA) is 123 Å². The number of hydrogen-bond acceptors (Lipinski definition) is 10. The number of likely N-dealkylation sites (N-methyl/N-ethyl adjacent to an activating group) is 1. The molecule has 1 aliphatic rings. The number of nitrogens with two attached hydrogens (primary N) is 1. The number of nitrogen functional groups attached to an aromatic ring is 1. The molecule has 0 aromatic carbocycles. The van der Waals surface area contributed by atoms with Crippen molar-refractivity contribution in [3.05, 3.63) is 12.4 Å². The molecule has 4 rings (SSSR count). The Hall–Kier alpha value is -3.05. The van der Waals surface area contributed by atoms with E-state index in [1.165, 1.54) is 0 Å². The van der Waals surface area contributed by atoms with E-state index in [0.717, 1.165) is 55.3 Å². The van der Waals surface area contributed by atoms with E-state index in [4.69, 9.17) is 25.4 Å². The number of nitrogens with zero attached hydrogens (tertiary/aromatic N) is 8. The molecule has 0 radical (unpaired) electrons. The maximum Gasteiger partial charge on any atom is 0.228 e. The molecular weight excluding hydrogens is 408 g/mol. The van der Waals surface area contributed by atoms with E-state index in [1.807, 2.05) is 0 Å². The fraction of sp³-hybridized carbons (Fsp3) is 0.571. The molecule has 0 aliphatic carbocycles. The van der Waals surface area contributed by atoms with Gasteiger partial charge in [0.05, 0.1) is 13.2 Å². The maximum absolute atomic E-state index is 5.72. The lowest BCUT2D eigenvalue weighted by molar-refractivity contribution is 0.122. The summed E-state index contributed by atoms with van der Waals surface area (Å²) in [6, 6.07) is 0.213. The lowest BCUT2D eigenvalue weighted by Gasteiger charge is -2.27. The van der Waals surface area contributed by atoms with Gasteiger partial charge in [-0.25, -0.2) is 19.9 Å². The van der Waals surface area contributed by atoms with Crippen LogP contribution < -0.4 is 16.0 Å². The van der Waals surface area contributed by atoms with Crippen molar-refractivity contribution in [2.24, 2.45) is 0 Å². The lowest BCUT2D eigenvalue weighted by Crippen LogP contribution is -2.37. The molecule has 11 nitrogen and oxygen atoms in total. The van der Waals surface area contributed by atoms with Gasteiger partial charge in [0.1, 0.15) is 11.2 Å². The van der Waals surface area contributed by atoms with E-state index in [1.54, 1.807) is 12.4 Å². The smallest absolute Gasteiger partial charge is 0.228 e. The third kappa shape index (κ3) is 4.58. The molecule has 172 valence electrons. The van der Waals surface area contributed by atoms with Crippen LogP contribution in [-0.4, -0.2) is 87.9 Å². The molecule has 11 heteroatoms. The number of ether oxygens (including phenoxy) is 1. The van der Waals surface area contributed by atoms with Gasteiger partial charge in [-0.15, -0.1) is 0 Å². The summed E-state index contributed by atoms with van der Waals surface area (Å²) in [7, 11) is 4.11. The highest BCUT2D eigenvalue weighted by atomic mass is 16.5. The summed E-state index contributed by atoms with van der Waals surface area (Å²) in [6.07, 6.45) is 4.33. The van der Waals surface area contributed by atoms with Crippen molar-refractivity contribution < 1.29 is 4.74 Å². The number of morpholine rings is 1. The highest BCUT2D eigenvalue weighted by Crippen LogP contribution is 2.32. The van der Waals surface area contributed by atoms with Gasteiger partial charge in [-0.1, -0.05) is 6.92 Å². The minimum Gasteiger partial charge on any atom is -0.378 e. The first-order chi connectivity index (χ1) is 15.5. The van der Waals surface area contributed by atoms with Crippen LogP contribution in [0.2, 0.25) is 0 Å². The molecule has 1 atom stereocenters. The number of anilines is 3. The van der Waals surface area contributed by atoms with Gasteiger partial charge in [0.25, 0.3) is 0 Å². The summed E-state index contributed by atoms with van der Waals surface area (Å²) < 4.78 is 7.70. The van der Waals surface area contributed by atoms with Crippen LogP contribution in [0, 0.1) is 0 Å². The fourth-order valence-corrected chi connectivity index (χ4v) is 3.64. The molecule has 1 saturated heterocycles. The van der Waals surface area contributed by atoms with Gasteiger partial charge >= 0.3 is 0 Å². The van der Waals surface area contributed by atoms with E-state index in [-0.39, 0.29) is 12.0 Å². The van der Waals surface area contributed by atoms with Gasteiger partial charge in [0.2, 0.25) is 17.8 Å². The summed E-state index contributed by atoms with van der Waals surface area (Å²) >= 11 is 0. The monoisotopic (exact) mass is 440 g/mol. The van der Waals surface area contributed by atoms with E-state index in [9.17, 15) is 0 Å². The molecule has 1 unspecified atom stereocenters. The Kier molecular flexibility index (Phi) is 6.66. The summed E-state index contributed by atoms with van der Waals surface area (Å²) in [5.41, 5.74) is 8.71. The first-order valence-corrected chi connectivity index (χ1v) is 11.1. The van der Waals surface area contributed by atoms with Gasteiger partial charge in [-0.2, -0.15) is 4.98 Å². The van der Waals surface area contributed by atoms with Crippen LogP contribution in [0.3, 0.4) is 0 Å². The van der Waals surface area contributed by atoms with Crippen molar-refractivity contribution in [1.82, 2.24) is 34.4 Å². The van der Waals surface area contributed by atoms with Crippen LogP contribution in [0.5, 0.6) is 0 Å². The van der Waals surface area contributed by atoms with Gasteiger partial charge in [-0.05, 0) is 27.4 Å². The zero-order valence-electron chi connectivity index (χ0n) is 19.2. The van der Waals surface area contributed by atoms with Crippen molar-refractivity contribution in [2.75, 3.05) is 69.4 Å². The molecule has 3 N–H and O–H groups in total. The average Bonchev–Trinajstić information content (AvgIpc) is 3.17. The highest BCUT2D eigenvalue weighted by molar-refractivity contribution is 5.90. The molecule has 1 aliphatic heterocycles. The Labute approximate surface area is 188 Å². The highest BCUT2D eigenvalue weighted by Gasteiger charge is 2.24. The lowest BCUT2D eigenvalue weighted by atomic mass is 10.2. The normalized spacial score (nSPS) is 15.5. The largest absolute Gasteiger partial charge is 0.378 e. The fourth-order valence-electron chi connectivity index (χ4n) is 3.64. The van der Waals surface area contributed by atoms with Crippen molar-refractivity contribution in [1.29, 1.82) is 0 Å². The first-order valence-electron chi connectivity index (χ1n) is 11.1. The number of hydrogen-bond donors (Lipinski definition) is 2. The molecule has 0 saturated carbocycles. The summed E-state index contributed by atoms with van der Waals surface area (Å²) in [6.45, 7) is 8.82. The van der Waals surface area contributed by atoms with Crippen LogP contribution in [-0.2, 0) is 4.74 Å². The quantitative estimate of drug-likeness (QED) is 0.534. The number of imidazole rings is 1. The van der Waals surface area contributed by atoms with Crippen molar-refractivity contribution in [3.63, 3.8) is 0 Å². The van der Waals surface area contributed by atoms with Crippen molar-refractivity contribution >= 4 is 29.0 Å². The Morgan fingerprint density at radius 1 is 1.16 bits per heavy atom. The predicted molar refractivity (Wildman–Crippen MR) is 126 cm³/mol. The second-order valence-corrected chi connectivity index (χ2v) is 8.27. The second-order valence-electron chi connectivity index (χ2n) is 8.27. The van der Waals surface area contributed by atoms with Gasteiger partial charge in [-0.3, -0.25) is 4.57 Å². The van der Waals surface area contributed by atoms with Crippen molar-refractivity contribution in [2.45, 2.75) is 26.3 Å². The van der Waals surface area contributed by atoms with Gasteiger partial charge in [0, 0.05) is 50.2 Å². The van der Waals surface area contributed by atoms with Crippen LogP contribution in [0.4, 0.5) is 17.8 Å². The predicted octanol–water partition coefficient (Wildman–Crippen LogP) is 1.65. The van der Waals surface area contributed by atoms with Crippen LogP contribution in [0.1, 0.15) is 26.3 Å². The Morgan fingerprint density at radius 2 is 1.88 bits per heavy atom. The molecular formula is C21H32N10O. The van der Waals surface area contributed by atoms with Gasteiger partial charge < -0.3 is 25.6 Å². The molecule has 4 heterocycles.